The maximum atomic E-state index is 11.9. The summed E-state index contributed by atoms with van der Waals surface area (Å²) in [4.78, 5) is 2.49. The zero-order valence-electron chi connectivity index (χ0n) is 36.5. The predicted molar refractivity (Wildman–Crippen MR) is 251 cm³/mol. The maximum absolute atomic E-state index is 11.9. The number of phenolic OH excluding ortho intramolecular Hbond substituents is 2. The molecule has 0 aliphatic carbocycles. The molecule has 59 heavy (non-hydrogen) atoms. The average Bonchev–Trinajstić information content (AvgIpc) is 3.19. The quantitative estimate of drug-likeness (QED) is 0.0672. The van der Waals surface area contributed by atoms with E-state index in [-0.39, 0.29) is 5.41 Å². The van der Waals surface area contributed by atoms with Crippen molar-refractivity contribution in [3.8, 4) is 11.5 Å². The molecule has 0 amide bonds. The largest absolute Gasteiger partial charge is 0.507 e. The molecule has 0 aliphatic rings. The van der Waals surface area contributed by atoms with Crippen LogP contribution in [0.4, 0.5) is 34.1 Å². The first kappa shape index (κ1) is 42.7. The first-order valence-electron chi connectivity index (χ1n) is 21.1. The van der Waals surface area contributed by atoms with E-state index in [1.165, 1.54) is 0 Å². The van der Waals surface area contributed by atoms with Gasteiger partial charge in [-0.3, -0.25) is 0 Å². The minimum absolute atomic E-state index is 0.270. The van der Waals surface area contributed by atoms with E-state index in [2.05, 4.69) is 173 Å². The highest BCUT2D eigenvalue weighted by atomic mass is 16.3. The van der Waals surface area contributed by atoms with Gasteiger partial charge < -0.3 is 31.1 Å². The number of para-hydroxylation sites is 2. The summed E-state index contributed by atoms with van der Waals surface area (Å²) in [5.74, 6) is 1.19. The second-order valence-corrected chi connectivity index (χ2v) is 18.3. The fourth-order valence-electron chi connectivity index (χ4n) is 8.10. The van der Waals surface area contributed by atoms with Gasteiger partial charge in [-0.2, -0.15) is 0 Å². The second kappa shape index (κ2) is 18.4. The molecule has 0 saturated heterocycles. The molecule has 6 aromatic rings. The Labute approximate surface area is 353 Å². The summed E-state index contributed by atoms with van der Waals surface area (Å²) >= 11 is 0. The van der Waals surface area contributed by atoms with Crippen LogP contribution >= 0.6 is 0 Å². The molecular formula is C53H64N4O2. The second-order valence-electron chi connectivity index (χ2n) is 18.3. The van der Waals surface area contributed by atoms with Gasteiger partial charge in [0.2, 0.25) is 0 Å². The number of phenols is 2. The maximum Gasteiger partial charge on any atom is 0.122 e. The molecule has 6 heteroatoms. The number of anilines is 6. The number of nitrogens with zero attached hydrogens (tertiary/aromatic N) is 1. The van der Waals surface area contributed by atoms with Gasteiger partial charge in [-0.25, -0.2) is 0 Å². The van der Waals surface area contributed by atoms with Gasteiger partial charge in [0.25, 0.3) is 0 Å². The third kappa shape index (κ3) is 11.2. The Morgan fingerprint density at radius 2 is 1.08 bits per heavy atom. The van der Waals surface area contributed by atoms with Gasteiger partial charge in [0.15, 0.2) is 0 Å². The van der Waals surface area contributed by atoms with Crippen molar-refractivity contribution in [1.82, 2.24) is 0 Å². The van der Waals surface area contributed by atoms with Crippen LogP contribution in [0, 0.1) is 12.8 Å². The minimum Gasteiger partial charge on any atom is -0.507 e. The highest BCUT2D eigenvalue weighted by Gasteiger charge is 2.30. The van der Waals surface area contributed by atoms with E-state index in [9.17, 15) is 10.2 Å². The summed E-state index contributed by atoms with van der Waals surface area (Å²) in [7, 11) is 0. The molecule has 6 nitrogen and oxygen atoms in total. The molecule has 0 aliphatic heterocycles. The Morgan fingerprint density at radius 3 is 1.63 bits per heavy atom. The van der Waals surface area contributed by atoms with Gasteiger partial charge in [-0.15, -0.1) is 0 Å². The van der Waals surface area contributed by atoms with Crippen LogP contribution in [0.15, 0.2) is 133 Å². The molecule has 0 aromatic heterocycles. The third-order valence-electron chi connectivity index (χ3n) is 11.2. The molecule has 5 N–H and O–H groups in total. The summed E-state index contributed by atoms with van der Waals surface area (Å²) in [6.07, 6.45) is 1.60. The lowest BCUT2D eigenvalue weighted by Crippen LogP contribution is -2.34. The van der Waals surface area contributed by atoms with Crippen molar-refractivity contribution in [3.63, 3.8) is 0 Å². The van der Waals surface area contributed by atoms with Crippen molar-refractivity contribution in [3.05, 3.63) is 167 Å². The Bertz CT molecular complexity index is 2280. The zero-order chi connectivity index (χ0) is 42.3. The Kier molecular flexibility index (Phi) is 13.3. The van der Waals surface area contributed by atoms with E-state index in [0.29, 0.717) is 43.0 Å². The van der Waals surface area contributed by atoms with Crippen LogP contribution in [-0.2, 0) is 30.3 Å². The van der Waals surface area contributed by atoms with Crippen LogP contribution in [0.25, 0.3) is 0 Å². The molecule has 308 valence electrons. The van der Waals surface area contributed by atoms with Crippen LogP contribution in [-0.4, -0.2) is 16.3 Å². The lowest BCUT2D eigenvalue weighted by atomic mass is 9.75. The molecule has 0 bridgehead atoms. The van der Waals surface area contributed by atoms with E-state index >= 15 is 0 Å². The first-order valence-corrected chi connectivity index (χ1v) is 21.1. The first-order chi connectivity index (χ1) is 28.1. The normalized spacial score (nSPS) is 12.3. The lowest BCUT2D eigenvalue weighted by Gasteiger charge is -2.34. The number of benzene rings is 6. The Balaban J connectivity index is 1.24. The van der Waals surface area contributed by atoms with Gasteiger partial charge in [-0.05, 0) is 156 Å². The van der Waals surface area contributed by atoms with Crippen molar-refractivity contribution >= 4 is 34.1 Å². The van der Waals surface area contributed by atoms with Crippen LogP contribution < -0.4 is 20.9 Å². The van der Waals surface area contributed by atoms with Gasteiger partial charge in [0.1, 0.15) is 11.5 Å². The SMILES string of the molecule is Cc1cc(CN(c2ccc(Nc3ccccc3)cc2)C(C)CC(C)C)cc(C(C)(C)Cc2cc(CNc3ccc(Nc4ccccc4)cc3)cc(C(C)(C)C)c2O)c1O. The lowest BCUT2D eigenvalue weighted by molar-refractivity contribution is 0.412. The number of aryl methyl sites for hydroxylation is 1. The van der Waals surface area contributed by atoms with E-state index in [4.69, 9.17) is 0 Å². The smallest absolute Gasteiger partial charge is 0.122 e. The highest BCUT2D eigenvalue weighted by molar-refractivity contribution is 5.64. The van der Waals surface area contributed by atoms with Crippen molar-refractivity contribution < 1.29 is 10.2 Å². The van der Waals surface area contributed by atoms with Crippen molar-refractivity contribution in [2.75, 3.05) is 20.9 Å². The van der Waals surface area contributed by atoms with Crippen LogP contribution in [0.3, 0.4) is 0 Å². The molecule has 0 saturated carbocycles. The molecule has 0 fully saturated rings. The molecule has 0 radical (unpaired) electrons. The number of aromatic hydroxyl groups is 2. The van der Waals surface area contributed by atoms with E-state index in [0.717, 1.165) is 73.9 Å². The number of rotatable bonds is 16. The molecule has 0 spiro atoms. The Morgan fingerprint density at radius 1 is 0.576 bits per heavy atom. The average molecular weight is 789 g/mol. The number of nitrogens with one attached hydrogen (secondary N) is 3. The van der Waals surface area contributed by atoms with Crippen LogP contribution in [0.5, 0.6) is 11.5 Å². The van der Waals surface area contributed by atoms with E-state index < -0.39 is 5.41 Å². The topological polar surface area (TPSA) is 79.8 Å². The van der Waals surface area contributed by atoms with Gasteiger partial charge >= 0.3 is 0 Å². The van der Waals surface area contributed by atoms with Crippen molar-refractivity contribution in [2.45, 2.75) is 105 Å². The standard InChI is InChI=1S/C53H64N4O2/c1-36(2)28-38(4)57(47-26-24-46(25-27-47)56-44-18-14-11-15-19-44)35-40-29-37(3)50(58)49(32-40)53(8,9)33-41-30-39(31-48(51(41)59)52(5,6)7)34-54-42-20-22-45(23-21-42)55-43-16-12-10-13-17-43/h10-27,29-32,36,38,54-56,58-59H,28,33-35H2,1-9H3. The summed E-state index contributed by atoms with van der Waals surface area (Å²) in [5, 5.41) is 34.1. The van der Waals surface area contributed by atoms with Gasteiger partial charge in [0.05, 0.1) is 0 Å². The molecule has 0 heterocycles. The molecule has 1 atom stereocenters. The fraction of sp³-hybridized carbons (Fsp3) is 0.321. The molecule has 6 aromatic carbocycles. The molecular weight excluding hydrogens is 725 g/mol. The van der Waals surface area contributed by atoms with E-state index in [1.807, 2.05) is 43.3 Å². The summed E-state index contributed by atoms with van der Waals surface area (Å²) in [6, 6.07) is 46.3. The fourth-order valence-corrected chi connectivity index (χ4v) is 8.10. The Hall–Kier alpha value is -5.88. The third-order valence-corrected chi connectivity index (χ3v) is 11.2. The van der Waals surface area contributed by atoms with Crippen LogP contribution in [0.2, 0.25) is 0 Å². The summed E-state index contributed by atoms with van der Waals surface area (Å²) in [5.41, 5.74) is 11.4. The van der Waals surface area contributed by atoms with Crippen molar-refractivity contribution in [1.29, 1.82) is 0 Å². The summed E-state index contributed by atoms with van der Waals surface area (Å²) in [6.45, 7) is 21.0. The number of hydrogen-bond acceptors (Lipinski definition) is 6. The highest BCUT2D eigenvalue weighted by Crippen LogP contribution is 2.42. The monoisotopic (exact) mass is 789 g/mol. The van der Waals surface area contributed by atoms with Gasteiger partial charge in [0, 0.05) is 58.8 Å². The van der Waals surface area contributed by atoms with Crippen molar-refractivity contribution in [2.24, 2.45) is 5.92 Å². The van der Waals surface area contributed by atoms with Gasteiger partial charge in [-0.1, -0.05) is 97.0 Å². The van der Waals surface area contributed by atoms with E-state index in [1.54, 1.807) is 0 Å². The molecule has 1 unspecified atom stereocenters. The zero-order valence-corrected chi connectivity index (χ0v) is 36.5. The number of hydrogen-bond donors (Lipinski definition) is 5. The molecule has 6 rings (SSSR count). The minimum atomic E-state index is -0.496. The summed E-state index contributed by atoms with van der Waals surface area (Å²) < 4.78 is 0. The predicted octanol–water partition coefficient (Wildman–Crippen LogP) is 13.8. The van der Waals surface area contributed by atoms with Crippen LogP contribution in [0.1, 0.15) is 95.2 Å².